The summed E-state index contributed by atoms with van der Waals surface area (Å²) >= 11 is 0. The highest BCUT2D eigenvalue weighted by Gasteiger charge is 2.37. The Hall–Kier alpha value is -2.47. The number of carbonyl (C=O) groups excluding carboxylic acids is 1. The summed E-state index contributed by atoms with van der Waals surface area (Å²) in [6, 6.07) is 8.10. The molecule has 3 fully saturated rings. The van der Waals surface area contributed by atoms with Crippen LogP contribution < -0.4 is 5.32 Å². The second-order valence-electron chi connectivity index (χ2n) is 8.04. The number of benzene rings is 1. The molecule has 1 N–H and O–H groups in total. The summed E-state index contributed by atoms with van der Waals surface area (Å²) in [4.78, 5) is 23.0. The van der Waals surface area contributed by atoms with E-state index in [1.54, 1.807) is 12.4 Å². The Morgan fingerprint density at radius 1 is 1.11 bits per heavy atom. The average Bonchev–Trinajstić information content (AvgIpc) is 2.69. The zero-order valence-electron chi connectivity index (χ0n) is 15.9. The summed E-state index contributed by atoms with van der Waals surface area (Å²) in [7, 11) is 0. The van der Waals surface area contributed by atoms with Gasteiger partial charge in [-0.3, -0.25) is 4.90 Å². The Morgan fingerprint density at radius 3 is 2.37 bits per heavy atom. The number of piperidine rings is 3. The van der Waals surface area contributed by atoms with Crippen molar-refractivity contribution in [3.05, 3.63) is 48.5 Å². The van der Waals surface area contributed by atoms with E-state index >= 15 is 0 Å². The maximum atomic E-state index is 12.5. The molecule has 142 valence electrons. The first-order valence-electron chi connectivity index (χ1n) is 9.58. The van der Waals surface area contributed by atoms with E-state index in [9.17, 15) is 4.79 Å². The highest BCUT2D eigenvalue weighted by molar-refractivity contribution is 5.69. The Kier molecular flexibility index (Phi) is 4.83. The summed E-state index contributed by atoms with van der Waals surface area (Å²) in [6.45, 7) is 7.12. The monoisotopic (exact) mass is 366 g/mol. The molecule has 3 saturated heterocycles. The van der Waals surface area contributed by atoms with Crippen LogP contribution in [0.3, 0.4) is 0 Å². The first-order chi connectivity index (χ1) is 13.0. The fourth-order valence-corrected chi connectivity index (χ4v) is 4.07. The number of fused-ring (bicyclic) bond motifs is 3. The Morgan fingerprint density at radius 2 is 1.78 bits per heavy atom. The standard InChI is InChI=1S/C21H26N4O2/c1-21(2,18-5-3-15(4-6-18)17-11-22-14-23-12-17)24-20(26)27-19-13-25-9-7-16(19)8-10-25/h3-6,11-12,14,16,19H,7-10,13H2,1-2H3,(H,24,26). The van der Waals surface area contributed by atoms with E-state index in [0.717, 1.165) is 49.2 Å². The van der Waals surface area contributed by atoms with Gasteiger partial charge in [0.2, 0.25) is 0 Å². The molecule has 1 unspecified atom stereocenters. The van der Waals surface area contributed by atoms with Crippen LogP contribution in [0, 0.1) is 5.92 Å². The van der Waals surface area contributed by atoms with E-state index in [2.05, 4.69) is 20.2 Å². The van der Waals surface area contributed by atoms with Crippen molar-refractivity contribution < 1.29 is 9.53 Å². The lowest BCUT2D eigenvalue weighted by molar-refractivity contribution is -0.0349. The fraction of sp³-hybridized carbons (Fsp3) is 0.476. The molecule has 1 amide bonds. The van der Waals surface area contributed by atoms with Gasteiger partial charge in [-0.1, -0.05) is 24.3 Å². The molecular weight excluding hydrogens is 340 g/mol. The zero-order valence-corrected chi connectivity index (χ0v) is 15.9. The summed E-state index contributed by atoms with van der Waals surface area (Å²) in [5, 5.41) is 3.03. The third-order valence-electron chi connectivity index (χ3n) is 5.77. The molecule has 5 rings (SSSR count). The Labute approximate surface area is 160 Å². The number of carbonyl (C=O) groups is 1. The third kappa shape index (κ3) is 3.95. The van der Waals surface area contributed by atoms with Crippen molar-refractivity contribution in [1.29, 1.82) is 0 Å². The number of hydrogen-bond donors (Lipinski definition) is 1. The van der Waals surface area contributed by atoms with E-state index < -0.39 is 5.54 Å². The van der Waals surface area contributed by atoms with Gasteiger partial charge in [0, 0.05) is 24.5 Å². The SMILES string of the molecule is CC(C)(NC(=O)OC1CN2CCC1CC2)c1ccc(-c2cncnc2)cc1. The summed E-state index contributed by atoms with van der Waals surface area (Å²) < 4.78 is 5.77. The molecule has 2 bridgehead atoms. The molecule has 1 atom stereocenters. The van der Waals surface area contributed by atoms with Crippen LogP contribution in [-0.4, -0.2) is 46.7 Å². The molecular formula is C21H26N4O2. The minimum atomic E-state index is -0.517. The van der Waals surface area contributed by atoms with Crippen molar-refractivity contribution in [3.8, 4) is 11.1 Å². The average molecular weight is 366 g/mol. The minimum absolute atomic E-state index is 0.0174. The topological polar surface area (TPSA) is 67.3 Å². The number of alkyl carbamates (subject to hydrolysis) is 1. The van der Waals surface area contributed by atoms with Gasteiger partial charge in [-0.15, -0.1) is 0 Å². The Bertz CT molecular complexity index is 784. The van der Waals surface area contributed by atoms with Gasteiger partial charge in [0.15, 0.2) is 0 Å². The number of amides is 1. The molecule has 0 aliphatic carbocycles. The van der Waals surface area contributed by atoms with Gasteiger partial charge in [0.1, 0.15) is 12.4 Å². The smallest absolute Gasteiger partial charge is 0.408 e. The quantitative estimate of drug-likeness (QED) is 0.900. The number of nitrogens with one attached hydrogen (secondary N) is 1. The summed E-state index contributed by atoms with van der Waals surface area (Å²) in [6.07, 6.45) is 7.04. The maximum absolute atomic E-state index is 12.5. The van der Waals surface area contributed by atoms with Crippen LogP contribution >= 0.6 is 0 Å². The molecule has 3 aliphatic rings. The molecule has 1 aromatic heterocycles. The fourth-order valence-electron chi connectivity index (χ4n) is 4.07. The third-order valence-corrected chi connectivity index (χ3v) is 5.77. The lowest BCUT2D eigenvalue weighted by atomic mass is 9.86. The van der Waals surface area contributed by atoms with E-state index in [-0.39, 0.29) is 12.2 Å². The predicted octanol–water partition coefficient (Wildman–Crippen LogP) is 3.20. The van der Waals surface area contributed by atoms with Gasteiger partial charge in [0.05, 0.1) is 5.54 Å². The molecule has 4 heterocycles. The van der Waals surface area contributed by atoms with Crippen molar-refractivity contribution in [2.75, 3.05) is 19.6 Å². The second-order valence-corrected chi connectivity index (χ2v) is 8.04. The number of ether oxygens (including phenoxy) is 1. The molecule has 3 aliphatic heterocycles. The molecule has 6 nitrogen and oxygen atoms in total. The van der Waals surface area contributed by atoms with Crippen LogP contribution in [0.4, 0.5) is 4.79 Å². The molecule has 6 heteroatoms. The molecule has 27 heavy (non-hydrogen) atoms. The van der Waals surface area contributed by atoms with E-state index in [4.69, 9.17) is 4.74 Å². The molecule has 0 spiro atoms. The molecule has 0 saturated carbocycles. The lowest BCUT2D eigenvalue weighted by Gasteiger charge is -2.44. The highest BCUT2D eigenvalue weighted by atomic mass is 16.6. The van der Waals surface area contributed by atoms with E-state index in [1.807, 2.05) is 38.1 Å². The highest BCUT2D eigenvalue weighted by Crippen LogP contribution is 2.30. The van der Waals surface area contributed by atoms with Crippen molar-refractivity contribution >= 4 is 6.09 Å². The second kappa shape index (κ2) is 7.27. The summed E-state index contributed by atoms with van der Waals surface area (Å²) in [5.41, 5.74) is 2.52. The number of hydrogen-bond acceptors (Lipinski definition) is 5. The van der Waals surface area contributed by atoms with Gasteiger partial charge < -0.3 is 10.1 Å². The minimum Gasteiger partial charge on any atom is -0.445 e. The van der Waals surface area contributed by atoms with Crippen LogP contribution in [-0.2, 0) is 10.3 Å². The van der Waals surface area contributed by atoms with Crippen LogP contribution in [0.1, 0.15) is 32.3 Å². The van der Waals surface area contributed by atoms with Gasteiger partial charge >= 0.3 is 6.09 Å². The number of aromatic nitrogens is 2. The van der Waals surface area contributed by atoms with Crippen molar-refractivity contribution in [3.63, 3.8) is 0 Å². The van der Waals surface area contributed by atoms with E-state index in [1.165, 1.54) is 6.33 Å². The molecule has 2 aromatic rings. The number of rotatable bonds is 4. The first-order valence-corrected chi connectivity index (χ1v) is 9.58. The zero-order chi connectivity index (χ0) is 18.9. The maximum Gasteiger partial charge on any atom is 0.408 e. The van der Waals surface area contributed by atoms with Crippen molar-refractivity contribution in [2.45, 2.75) is 38.3 Å². The van der Waals surface area contributed by atoms with Crippen LogP contribution in [0.5, 0.6) is 0 Å². The van der Waals surface area contributed by atoms with Gasteiger partial charge in [-0.25, -0.2) is 14.8 Å². The van der Waals surface area contributed by atoms with Gasteiger partial charge in [0.25, 0.3) is 0 Å². The molecule has 1 aromatic carbocycles. The van der Waals surface area contributed by atoms with Gasteiger partial charge in [-0.2, -0.15) is 0 Å². The van der Waals surface area contributed by atoms with Crippen LogP contribution in [0.25, 0.3) is 11.1 Å². The normalized spacial score (nSPS) is 24.4. The van der Waals surface area contributed by atoms with E-state index in [0.29, 0.717) is 5.92 Å². The van der Waals surface area contributed by atoms with Gasteiger partial charge in [-0.05, 0) is 56.8 Å². The van der Waals surface area contributed by atoms with Crippen LogP contribution in [0.2, 0.25) is 0 Å². The Balaban J connectivity index is 1.39. The number of nitrogens with zero attached hydrogens (tertiary/aromatic N) is 3. The first kappa shape index (κ1) is 17.9. The van der Waals surface area contributed by atoms with Crippen molar-refractivity contribution in [1.82, 2.24) is 20.2 Å². The largest absolute Gasteiger partial charge is 0.445 e. The van der Waals surface area contributed by atoms with Crippen LogP contribution in [0.15, 0.2) is 43.0 Å². The lowest BCUT2D eigenvalue weighted by Crippen LogP contribution is -2.53. The predicted molar refractivity (Wildman–Crippen MR) is 103 cm³/mol. The summed E-state index contributed by atoms with van der Waals surface area (Å²) in [5.74, 6) is 0.510. The van der Waals surface area contributed by atoms with Crippen molar-refractivity contribution in [2.24, 2.45) is 5.92 Å². The molecule has 0 radical (unpaired) electrons.